The molecule has 2 aromatic rings. The standard InChI is InChI=1S/C15H16FN3O2/c1-2-9-17-13-7-4-8-14(15(13)19(20)21)18-12-6-3-5-11(16)10-12/h3-8,10,17-18H,2,9H2,1H3. The van der Waals surface area contributed by atoms with Gasteiger partial charge >= 0.3 is 5.69 Å². The SMILES string of the molecule is CCCNc1cccc(Nc2cccc(F)c2)c1[N+](=O)[O-]. The van der Waals surface area contributed by atoms with Crippen LogP contribution in [0.25, 0.3) is 0 Å². The van der Waals surface area contributed by atoms with E-state index in [4.69, 9.17) is 0 Å². The van der Waals surface area contributed by atoms with Crippen molar-refractivity contribution in [3.8, 4) is 0 Å². The van der Waals surface area contributed by atoms with Crippen molar-refractivity contribution >= 4 is 22.7 Å². The largest absolute Gasteiger partial charge is 0.379 e. The smallest absolute Gasteiger partial charge is 0.315 e. The number of anilines is 3. The van der Waals surface area contributed by atoms with E-state index in [1.165, 1.54) is 12.1 Å². The van der Waals surface area contributed by atoms with Gasteiger partial charge < -0.3 is 10.6 Å². The Labute approximate surface area is 122 Å². The molecule has 0 saturated heterocycles. The van der Waals surface area contributed by atoms with Gasteiger partial charge in [-0.2, -0.15) is 0 Å². The van der Waals surface area contributed by atoms with Crippen molar-refractivity contribution in [2.24, 2.45) is 0 Å². The average molecular weight is 289 g/mol. The van der Waals surface area contributed by atoms with Gasteiger partial charge in [0.2, 0.25) is 0 Å². The number of para-hydroxylation sites is 1. The molecule has 0 fully saturated rings. The first-order valence-electron chi connectivity index (χ1n) is 6.65. The molecule has 0 amide bonds. The number of benzene rings is 2. The minimum absolute atomic E-state index is 0.0461. The van der Waals surface area contributed by atoms with Gasteiger partial charge in [-0.15, -0.1) is 0 Å². The topological polar surface area (TPSA) is 67.2 Å². The first-order valence-corrected chi connectivity index (χ1v) is 6.65. The highest BCUT2D eigenvalue weighted by Crippen LogP contribution is 2.34. The van der Waals surface area contributed by atoms with E-state index in [9.17, 15) is 14.5 Å². The van der Waals surface area contributed by atoms with Crippen LogP contribution in [0.5, 0.6) is 0 Å². The number of halogens is 1. The van der Waals surface area contributed by atoms with Crippen molar-refractivity contribution in [2.75, 3.05) is 17.2 Å². The fourth-order valence-corrected chi connectivity index (χ4v) is 1.97. The van der Waals surface area contributed by atoms with Gasteiger partial charge in [-0.1, -0.05) is 19.1 Å². The second-order valence-electron chi connectivity index (χ2n) is 4.52. The van der Waals surface area contributed by atoms with Crippen LogP contribution in [0.4, 0.5) is 27.1 Å². The van der Waals surface area contributed by atoms with Gasteiger partial charge in [0, 0.05) is 12.2 Å². The normalized spacial score (nSPS) is 10.2. The molecule has 0 radical (unpaired) electrons. The second kappa shape index (κ2) is 6.69. The van der Waals surface area contributed by atoms with Crippen molar-refractivity contribution < 1.29 is 9.31 Å². The average Bonchev–Trinajstić information content (AvgIpc) is 2.45. The summed E-state index contributed by atoms with van der Waals surface area (Å²) in [6.45, 7) is 2.62. The number of nitrogens with one attached hydrogen (secondary N) is 2. The molecule has 0 atom stereocenters. The highest BCUT2D eigenvalue weighted by atomic mass is 19.1. The van der Waals surface area contributed by atoms with Gasteiger partial charge in [-0.3, -0.25) is 10.1 Å². The lowest BCUT2D eigenvalue weighted by Gasteiger charge is -2.11. The molecular weight excluding hydrogens is 273 g/mol. The fraction of sp³-hybridized carbons (Fsp3) is 0.200. The predicted molar refractivity (Wildman–Crippen MR) is 81.6 cm³/mol. The summed E-state index contributed by atoms with van der Waals surface area (Å²) in [6, 6.07) is 10.8. The third-order valence-electron chi connectivity index (χ3n) is 2.89. The lowest BCUT2D eigenvalue weighted by atomic mass is 10.2. The number of nitro groups is 1. The van der Waals surface area contributed by atoms with E-state index in [1.54, 1.807) is 30.3 Å². The van der Waals surface area contributed by atoms with E-state index in [0.717, 1.165) is 6.42 Å². The number of hydrogen-bond acceptors (Lipinski definition) is 4. The fourth-order valence-electron chi connectivity index (χ4n) is 1.97. The Kier molecular flexibility index (Phi) is 4.71. The molecule has 21 heavy (non-hydrogen) atoms. The van der Waals surface area contributed by atoms with Crippen molar-refractivity contribution in [2.45, 2.75) is 13.3 Å². The van der Waals surface area contributed by atoms with Crippen LogP contribution in [0, 0.1) is 15.9 Å². The van der Waals surface area contributed by atoms with Crippen LogP contribution in [0.1, 0.15) is 13.3 Å². The Morgan fingerprint density at radius 3 is 2.57 bits per heavy atom. The minimum Gasteiger partial charge on any atom is -0.379 e. The first kappa shape index (κ1) is 14.8. The molecule has 0 aromatic heterocycles. The zero-order valence-corrected chi connectivity index (χ0v) is 11.6. The minimum atomic E-state index is -0.445. The number of hydrogen-bond donors (Lipinski definition) is 2. The van der Waals surface area contributed by atoms with Crippen LogP contribution < -0.4 is 10.6 Å². The molecule has 2 rings (SSSR count). The zero-order valence-electron chi connectivity index (χ0n) is 11.6. The van der Waals surface area contributed by atoms with E-state index >= 15 is 0 Å². The van der Waals surface area contributed by atoms with Gasteiger partial charge in [0.05, 0.1) is 4.92 Å². The van der Waals surface area contributed by atoms with E-state index in [2.05, 4.69) is 10.6 Å². The van der Waals surface area contributed by atoms with Gasteiger partial charge in [-0.25, -0.2) is 4.39 Å². The third-order valence-corrected chi connectivity index (χ3v) is 2.89. The van der Waals surface area contributed by atoms with Crippen molar-refractivity contribution in [1.82, 2.24) is 0 Å². The molecule has 0 heterocycles. The summed E-state index contributed by atoms with van der Waals surface area (Å²) >= 11 is 0. The molecule has 5 nitrogen and oxygen atoms in total. The van der Waals surface area contributed by atoms with Crippen LogP contribution in [0.2, 0.25) is 0 Å². The Bertz CT molecular complexity index is 647. The summed E-state index contributed by atoms with van der Waals surface area (Å²) in [5, 5.41) is 17.2. The summed E-state index contributed by atoms with van der Waals surface area (Å²) < 4.78 is 13.2. The molecule has 2 N–H and O–H groups in total. The van der Waals surface area contributed by atoms with Crippen molar-refractivity contribution in [3.05, 3.63) is 58.4 Å². The molecule has 0 aliphatic carbocycles. The molecule has 110 valence electrons. The summed E-state index contributed by atoms with van der Waals surface area (Å²) in [7, 11) is 0. The van der Waals surface area contributed by atoms with Gasteiger partial charge in [0.25, 0.3) is 0 Å². The van der Waals surface area contributed by atoms with Crippen molar-refractivity contribution in [3.63, 3.8) is 0 Å². The molecule has 0 spiro atoms. The highest BCUT2D eigenvalue weighted by Gasteiger charge is 2.19. The van der Waals surface area contributed by atoms with E-state index in [1.807, 2.05) is 6.92 Å². The first-order chi connectivity index (χ1) is 10.1. The molecule has 6 heteroatoms. The van der Waals surface area contributed by atoms with E-state index in [0.29, 0.717) is 23.6 Å². The zero-order chi connectivity index (χ0) is 15.2. The summed E-state index contributed by atoms with van der Waals surface area (Å²) in [5.74, 6) is -0.400. The van der Waals surface area contributed by atoms with Gasteiger partial charge in [-0.05, 0) is 36.8 Å². The van der Waals surface area contributed by atoms with Crippen LogP contribution in [0.15, 0.2) is 42.5 Å². The highest BCUT2D eigenvalue weighted by molar-refractivity contribution is 5.79. The van der Waals surface area contributed by atoms with Crippen LogP contribution in [0.3, 0.4) is 0 Å². The van der Waals surface area contributed by atoms with Crippen LogP contribution >= 0.6 is 0 Å². The third kappa shape index (κ3) is 3.68. The molecule has 0 bridgehead atoms. The number of nitro benzene ring substituents is 1. The lowest BCUT2D eigenvalue weighted by molar-refractivity contribution is -0.383. The maximum absolute atomic E-state index is 13.2. The molecule has 0 unspecified atom stereocenters. The Balaban J connectivity index is 2.36. The van der Waals surface area contributed by atoms with E-state index < -0.39 is 10.7 Å². The number of nitrogens with zero attached hydrogens (tertiary/aromatic N) is 1. The van der Waals surface area contributed by atoms with Crippen molar-refractivity contribution in [1.29, 1.82) is 0 Å². The Morgan fingerprint density at radius 1 is 1.19 bits per heavy atom. The molecule has 0 saturated carbocycles. The maximum atomic E-state index is 13.2. The quantitative estimate of drug-likeness (QED) is 0.614. The molecular formula is C15H16FN3O2. The lowest BCUT2D eigenvalue weighted by Crippen LogP contribution is -2.05. The van der Waals surface area contributed by atoms with Crippen LogP contribution in [-0.2, 0) is 0 Å². The van der Waals surface area contributed by atoms with Crippen LogP contribution in [-0.4, -0.2) is 11.5 Å². The number of rotatable bonds is 6. The summed E-state index contributed by atoms with van der Waals surface area (Å²) in [6.07, 6.45) is 0.860. The summed E-state index contributed by atoms with van der Waals surface area (Å²) in [5.41, 5.74) is 1.19. The second-order valence-corrected chi connectivity index (χ2v) is 4.52. The van der Waals surface area contributed by atoms with E-state index in [-0.39, 0.29) is 5.69 Å². The van der Waals surface area contributed by atoms with Gasteiger partial charge in [0.15, 0.2) is 0 Å². The molecule has 2 aromatic carbocycles. The summed E-state index contributed by atoms with van der Waals surface area (Å²) in [4.78, 5) is 10.9. The predicted octanol–water partition coefficient (Wildman–Crippen LogP) is 4.30. The van der Waals surface area contributed by atoms with Gasteiger partial charge in [0.1, 0.15) is 17.2 Å². The Morgan fingerprint density at radius 2 is 1.90 bits per heavy atom. The monoisotopic (exact) mass is 289 g/mol. The molecule has 0 aliphatic heterocycles. The maximum Gasteiger partial charge on any atom is 0.315 e. The Hall–Kier alpha value is -2.63. The molecule has 0 aliphatic rings.